The second-order valence-corrected chi connectivity index (χ2v) is 11.2. The number of rotatable bonds is 7. The van der Waals surface area contributed by atoms with Crippen molar-refractivity contribution >= 4 is 15.8 Å². The van der Waals surface area contributed by atoms with Gasteiger partial charge in [0, 0.05) is 51.7 Å². The Labute approximate surface area is 170 Å². The molecule has 28 heavy (non-hydrogen) atoms. The van der Waals surface area contributed by atoms with Gasteiger partial charge in [-0.2, -0.15) is 0 Å². The number of hydrogen-bond acceptors (Lipinski definition) is 5. The van der Waals surface area contributed by atoms with Crippen LogP contribution in [-0.2, 0) is 14.6 Å². The molecule has 3 aliphatic rings. The van der Waals surface area contributed by atoms with E-state index in [1.54, 1.807) is 0 Å². The van der Waals surface area contributed by atoms with E-state index in [2.05, 4.69) is 15.5 Å². The summed E-state index contributed by atoms with van der Waals surface area (Å²) in [5.74, 6) is 1.62. The average molecular weight is 415 g/mol. The summed E-state index contributed by atoms with van der Waals surface area (Å²) >= 11 is 0. The second kappa shape index (κ2) is 9.76. The van der Waals surface area contributed by atoms with Crippen molar-refractivity contribution < 1.29 is 13.2 Å². The number of sulfone groups is 1. The third-order valence-corrected chi connectivity index (χ3v) is 8.77. The third kappa shape index (κ3) is 5.60. The molecule has 0 aromatic carbocycles. The normalized spacial score (nSPS) is 27.2. The van der Waals surface area contributed by atoms with Crippen LogP contribution in [-0.4, -0.2) is 82.3 Å². The fourth-order valence-electron chi connectivity index (χ4n) is 4.80. The molecule has 2 saturated heterocycles. The van der Waals surface area contributed by atoms with Crippen molar-refractivity contribution in [3.63, 3.8) is 0 Å². The van der Waals surface area contributed by atoms with Crippen LogP contribution >= 0.6 is 0 Å². The van der Waals surface area contributed by atoms with Gasteiger partial charge in [-0.25, -0.2) is 8.42 Å². The van der Waals surface area contributed by atoms with Crippen LogP contribution in [0.2, 0.25) is 0 Å². The summed E-state index contributed by atoms with van der Waals surface area (Å²) in [5.41, 5.74) is 0. The molecular formula is C20H38N4O3S. The zero-order chi connectivity index (χ0) is 20.0. The van der Waals surface area contributed by atoms with Crippen molar-refractivity contribution in [2.75, 3.05) is 52.2 Å². The molecule has 2 heterocycles. The predicted octanol–water partition coefficient (Wildman–Crippen LogP) is 1.40. The molecule has 0 radical (unpaired) electrons. The highest BCUT2D eigenvalue weighted by Gasteiger charge is 2.42. The number of likely N-dealkylation sites (tertiary alicyclic amines) is 1. The molecule has 162 valence electrons. The van der Waals surface area contributed by atoms with Crippen molar-refractivity contribution in [3.8, 4) is 0 Å². The number of nitrogens with one attached hydrogen (secondary N) is 2. The van der Waals surface area contributed by atoms with Crippen LogP contribution in [0.5, 0.6) is 0 Å². The lowest BCUT2D eigenvalue weighted by Crippen LogP contribution is -2.49. The summed E-state index contributed by atoms with van der Waals surface area (Å²) in [6.45, 7) is 7.49. The van der Waals surface area contributed by atoms with Gasteiger partial charge < -0.3 is 20.3 Å². The summed E-state index contributed by atoms with van der Waals surface area (Å²) in [6, 6.07) is 0.378. The van der Waals surface area contributed by atoms with E-state index in [4.69, 9.17) is 9.73 Å². The molecule has 7 nitrogen and oxygen atoms in total. The monoisotopic (exact) mass is 414 g/mol. The summed E-state index contributed by atoms with van der Waals surface area (Å²) in [6.07, 6.45) is 9.05. The predicted molar refractivity (Wildman–Crippen MR) is 114 cm³/mol. The van der Waals surface area contributed by atoms with Crippen LogP contribution in [0, 0.1) is 5.92 Å². The van der Waals surface area contributed by atoms with E-state index >= 15 is 0 Å². The smallest absolute Gasteiger partial charge is 0.191 e. The van der Waals surface area contributed by atoms with Gasteiger partial charge in [0.05, 0.1) is 11.3 Å². The van der Waals surface area contributed by atoms with Crippen LogP contribution in [0.4, 0.5) is 0 Å². The van der Waals surface area contributed by atoms with Crippen LogP contribution in [0.25, 0.3) is 0 Å². The second-order valence-electron chi connectivity index (χ2n) is 8.80. The van der Waals surface area contributed by atoms with E-state index in [1.165, 1.54) is 38.5 Å². The molecule has 1 unspecified atom stereocenters. The van der Waals surface area contributed by atoms with E-state index in [9.17, 15) is 8.42 Å². The zero-order valence-electron chi connectivity index (χ0n) is 17.6. The van der Waals surface area contributed by atoms with E-state index in [0.29, 0.717) is 38.6 Å². The van der Waals surface area contributed by atoms with Gasteiger partial charge in [-0.1, -0.05) is 12.8 Å². The van der Waals surface area contributed by atoms with Gasteiger partial charge in [-0.15, -0.1) is 0 Å². The highest BCUT2D eigenvalue weighted by Crippen LogP contribution is 2.30. The zero-order valence-corrected chi connectivity index (χ0v) is 18.4. The van der Waals surface area contributed by atoms with Crippen LogP contribution < -0.4 is 10.6 Å². The van der Waals surface area contributed by atoms with Crippen molar-refractivity contribution in [2.45, 2.75) is 62.7 Å². The van der Waals surface area contributed by atoms with Crippen molar-refractivity contribution in [1.82, 2.24) is 15.5 Å². The summed E-state index contributed by atoms with van der Waals surface area (Å²) in [4.78, 5) is 7.29. The Bertz CT molecular complexity index is 625. The minimum atomic E-state index is -3.20. The van der Waals surface area contributed by atoms with Crippen LogP contribution in [0.3, 0.4) is 0 Å². The van der Waals surface area contributed by atoms with Gasteiger partial charge in [0.2, 0.25) is 0 Å². The van der Waals surface area contributed by atoms with Gasteiger partial charge >= 0.3 is 0 Å². The van der Waals surface area contributed by atoms with Gasteiger partial charge in [0.1, 0.15) is 0 Å². The molecule has 2 N–H and O–H groups in total. The topological polar surface area (TPSA) is 83.0 Å². The Balaban J connectivity index is 1.58. The first-order valence-electron chi connectivity index (χ1n) is 11.0. The lowest BCUT2D eigenvalue weighted by molar-refractivity contribution is 0.0768. The first kappa shape index (κ1) is 21.8. The lowest BCUT2D eigenvalue weighted by Gasteiger charge is -2.34. The van der Waals surface area contributed by atoms with Gasteiger partial charge in [0.15, 0.2) is 15.8 Å². The first-order valence-corrected chi connectivity index (χ1v) is 12.9. The van der Waals surface area contributed by atoms with Crippen LogP contribution in [0.15, 0.2) is 4.99 Å². The fraction of sp³-hybridized carbons (Fsp3) is 0.950. The van der Waals surface area contributed by atoms with Crippen molar-refractivity contribution in [2.24, 2.45) is 10.9 Å². The molecule has 1 saturated carbocycles. The highest BCUT2D eigenvalue weighted by molar-refractivity contribution is 7.92. The summed E-state index contributed by atoms with van der Waals surface area (Å²) < 4.78 is 29.5. The van der Waals surface area contributed by atoms with E-state index in [-0.39, 0.29) is 0 Å². The maximum Gasteiger partial charge on any atom is 0.191 e. The van der Waals surface area contributed by atoms with E-state index in [0.717, 1.165) is 37.9 Å². The maximum absolute atomic E-state index is 12.5. The third-order valence-electron chi connectivity index (χ3n) is 6.66. The molecule has 1 aliphatic carbocycles. The summed E-state index contributed by atoms with van der Waals surface area (Å²) in [5, 5.41) is 6.85. The Kier molecular flexibility index (Phi) is 7.61. The molecule has 0 amide bonds. The standard InChI is InChI=1S/C20H38N4O3S/c1-3-21-19(22-16-20(28(2,25)26)9-12-27-13-10-20)23-18-8-11-24(15-18)14-17-6-4-5-7-17/h17-18H,3-16H2,1-2H3,(H2,21,22,23). The largest absolute Gasteiger partial charge is 0.381 e. The van der Waals surface area contributed by atoms with Gasteiger partial charge in [0.25, 0.3) is 0 Å². The first-order chi connectivity index (χ1) is 13.4. The Morgan fingerprint density at radius 1 is 1.21 bits per heavy atom. The number of nitrogens with zero attached hydrogens (tertiary/aromatic N) is 2. The van der Waals surface area contributed by atoms with E-state index < -0.39 is 14.6 Å². The molecule has 2 aliphatic heterocycles. The minimum Gasteiger partial charge on any atom is -0.381 e. The molecule has 0 bridgehead atoms. The molecule has 0 aromatic rings. The van der Waals surface area contributed by atoms with Gasteiger partial charge in [-0.05, 0) is 44.9 Å². The molecular weight excluding hydrogens is 376 g/mol. The molecule has 0 aromatic heterocycles. The van der Waals surface area contributed by atoms with Gasteiger partial charge in [-0.3, -0.25) is 4.99 Å². The molecule has 8 heteroatoms. The number of aliphatic imine (C=N–C) groups is 1. The molecule has 0 spiro atoms. The highest BCUT2D eigenvalue weighted by atomic mass is 32.2. The fourth-order valence-corrected chi connectivity index (χ4v) is 6.01. The van der Waals surface area contributed by atoms with Crippen molar-refractivity contribution in [3.05, 3.63) is 0 Å². The molecule has 1 atom stereocenters. The Morgan fingerprint density at radius 2 is 1.93 bits per heavy atom. The van der Waals surface area contributed by atoms with E-state index in [1.807, 2.05) is 6.92 Å². The Hall–Kier alpha value is -0.860. The Morgan fingerprint density at radius 3 is 2.57 bits per heavy atom. The number of hydrogen-bond donors (Lipinski definition) is 2. The number of ether oxygens (including phenoxy) is 1. The quantitative estimate of drug-likeness (QED) is 0.484. The molecule has 3 fully saturated rings. The summed E-state index contributed by atoms with van der Waals surface area (Å²) in [7, 11) is -3.20. The van der Waals surface area contributed by atoms with Crippen molar-refractivity contribution in [1.29, 1.82) is 0 Å². The van der Waals surface area contributed by atoms with Crippen LogP contribution in [0.1, 0.15) is 51.9 Å². The number of guanidine groups is 1. The maximum atomic E-state index is 12.5. The molecule has 3 rings (SSSR count). The minimum absolute atomic E-state index is 0.295. The average Bonchev–Trinajstić information content (AvgIpc) is 3.32. The lowest BCUT2D eigenvalue weighted by atomic mass is 9.99. The SMILES string of the molecule is CCNC(=NCC1(S(C)(=O)=O)CCOCC1)NC1CCN(CC2CCCC2)C1.